The summed E-state index contributed by atoms with van der Waals surface area (Å²) in [6.45, 7) is 2.00. The minimum atomic E-state index is -1.06. The van der Waals surface area contributed by atoms with Gasteiger partial charge in [-0.3, -0.25) is 0 Å². The number of aromatic nitrogens is 2. The molecule has 0 fully saturated rings. The van der Waals surface area contributed by atoms with E-state index in [2.05, 4.69) is 25.9 Å². The van der Waals surface area contributed by atoms with Crippen molar-refractivity contribution < 1.29 is 14.6 Å². The Bertz CT molecular complexity index is 617. The van der Waals surface area contributed by atoms with E-state index >= 15 is 0 Å². The first kappa shape index (κ1) is 13.5. The molecule has 0 amide bonds. The van der Waals surface area contributed by atoms with E-state index < -0.39 is 5.97 Å². The molecule has 2 rings (SSSR count). The molecule has 19 heavy (non-hydrogen) atoms. The highest BCUT2D eigenvalue weighted by molar-refractivity contribution is 9.10. The van der Waals surface area contributed by atoms with Crippen molar-refractivity contribution in [1.29, 1.82) is 0 Å². The average Bonchev–Trinajstić information content (AvgIpc) is 2.40. The largest absolute Gasteiger partial charge is 0.487 e. The summed E-state index contributed by atoms with van der Waals surface area (Å²) < 4.78 is 6.51. The van der Waals surface area contributed by atoms with E-state index in [0.717, 1.165) is 10.0 Å². The molecule has 98 valence electrons. The Labute approximate surface area is 118 Å². The second kappa shape index (κ2) is 5.79. The quantitative estimate of drug-likeness (QED) is 0.937. The number of aromatic carboxylic acids is 1. The van der Waals surface area contributed by atoms with Gasteiger partial charge in [0.1, 0.15) is 24.2 Å². The molecule has 0 aliphatic rings. The van der Waals surface area contributed by atoms with Crippen LogP contribution in [0.2, 0.25) is 0 Å². The highest BCUT2D eigenvalue weighted by Crippen LogP contribution is 2.23. The Morgan fingerprint density at radius 3 is 3.00 bits per heavy atom. The maximum atomic E-state index is 11.0. The van der Waals surface area contributed by atoms with Crippen LogP contribution in [0.25, 0.3) is 0 Å². The van der Waals surface area contributed by atoms with Crippen LogP contribution in [0.4, 0.5) is 0 Å². The van der Waals surface area contributed by atoms with Crippen molar-refractivity contribution in [2.24, 2.45) is 0 Å². The molecule has 0 saturated heterocycles. The second-order valence-corrected chi connectivity index (χ2v) is 4.80. The molecule has 0 unspecified atom stereocenters. The standard InChI is InChI=1S/C13H11BrN2O3/c1-8-2-3-9(14)4-12(8)19-6-11-10(13(17)18)5-15-7-16-11/h2-5,7H,6H2,1H3,(H,17,18). The molecule has 5 nitrogen and oxygen atoms in total. The number of hydrogen-bond donors (Lipinski definition) is 1. The van der Waals surface area contributed by atoms with Gasteiger partial charge in [-0.2, -0.15) is 0 Å². The molecule has 1 heterocycles. The fourth-order valence-corrected chi connectivity index (χ4v) is 1.86. The van der Waals surface area contributed by atoms with Crippen LogP contribution in [0.3, 0.4) is 0 Å². The number of carbonyl (C=O) groups is 1. The molecule has 1 aromatic carbocycles. The van der Waals surface area contributed by atoms with Gasteiger partial charge in [-0.1, -0.05) is 22.0 Å². The molecule has 0 radical (unpaired) electrons. The zero-order valence-corrected chi connectivity index (χ0v) is 11.7. The molecular formula is C13H11BrN2O3. The van der Waals surface area contributed by atoms with Crippen molar-refractivity contribution in [3.05, 3.63) is 52.0 Å². The maximum Gasteiger partial charge on any atom is 0.339 e. The Kier molecular flexibility index (Phi) is 4.11. The number of rotatable bonds is 4. The number of carboxylic acids is 1. The molecule has 0 atom stereocenters. The van der Waals surface area contributed by atoms with E-state index in [-0.39, 0.29) is 12.2 Å². The fraction of sp³-hybridized carbons (Fsp3) is 0.154. The number of hydrogen-bond acceptors (Lipinski definition) is 4. The van der Waals surface area contributed by atoms with Crippen LogP contribution >= 0.6 is 15.9 Å². The topological polar surface area (TPSA) is 72.3 Å². The summed E-state index contributed by atoms with van der Waals surface area (Å²) in [4.78, 5) is 18.6. The molecular weight excluding hydrogens is 312 g/mol. The fourth-order valence-electron chi connectivity index (χ4n) is 1.52. The van der Waals surface area contributed by atoms with Gasteiger partial charge in [0.15, 0.2) is 0 Å². The highest BCUT2D eigenvalue weighted by atomic mass is 79.9. The molecule has 1 aromatic heterocycles. The van der Waals surface area contributed by atoms with Crippen molar-refractivity contribution in [3.63, 3.8) is 0 Å². The Morgan fingerprint density at radius 2 is 2.26 bits per heavy atom. The van der Waals surface area contributed by atoms with Crippen molar-refractivity contribution in [3.8, 4) is 5.75 Å². The predicted molar refractivity (Wildman–Crippen MR) is 72.2 cm³/mol. The lowest BCUT2D eigenvalue weighted by Gasteiger charge is -2.10. The zero-order chi connectivity index (χ0) is 13.8. The van der Waals surface area contributed by atoms with Gasteiger partial charge in [0.05, 0.1) is 5.69 Å². The van der Waals surface area contributed by atoms with Crippen molar-refractivity contribution >= 4 is 21.9 Å². The molecule has 0 spiro atoms. The minimum absolute atomic E-state index is 0.0511. The number of carboxylic acid groups (broad SMARTS) is 1. The van der Waals surface area contributed by atoms with E-state index in [9.17, 15) is 4.79 Å². The van der Waals surface area contributed by atoms with Gasteiger partial charge in [-0.25, -0.2) is 14.8 Å². The van der Waals surface area contributed by atoms with Crippen molar-refractivity contribution in [2.75, 3.05) is 0 Å². The molecule has 6 heteroatoms. The van der Waals surface area contributed by atoms with Gasteiger partial charge >= 0.3 is 5.97 Å². The lowest BCUT2D eigenvalue weighted by Crippen LogP contribution is -2.08. The first-order valence-electron chi connectivity index (χ1n) is 5.49. The summed E-state index contributed by atoms with van der Waals surface area (Å²) >= 11 is 3.36. The smallest absolute Gasteiger partial charge is 0.339 e. The third-order valence-corrected chi connectivity index (χ3v) is 3.03. The van der Waals surface area contributed by atoms with Crippen molar-refractivity contribution in [2.45, 2.75) is 13.5 Å². The monoisotopic (exact) mass is 322 g/mol. The lowest BCUT2D eigenvalue weighted by atomic mass is 10.2. The van der Waals surface area contributed by atoms with Gasteiger partial charge in [0.25, 0.3) is 0 Å². The Morgan fingerprint density at radius 1 is 1.47 bits per heavy atom. The average molecular weight is 323 g/mol. The van der Waals surface area contributed by atoms with Crippen LogP contribution in [0.5, 0.6) is 5.75 Å². The van der Waals surface area contributed by atoms with Crippen LogP contribution in [-0.4, -0.2) is 21.0 Å². The van der Waals surface area contributed by atoms with Gasteiger partial charge in [0, 0.05) is 10.7 Å². The van der Waals surface area contributed by atoms with Crippen LogP contribution in [0.15, 0.2) is 35.2 Å². The molecule has 0 saturated carbocycles. The minimum Gasteiger partial charge on any atom is -0.487 e. The second-order valence-electron chi connectivity index (χ2n) is 3.89. The molecule has 0 aliphatic carbocycles. The lowest BCUT2D eigenvalue weighted by molar-refractivity contribution is 0.0692. The van der Waals surface area contributed by atoms with E-state index in [1.807, 2.05) is 25.1 Å². The third kappa shape index (κ3) is 3.29. The SMILES string of the molecule is Cc1ccc(Br)cc1OCc1ncncc1C(=O)O. The van der Waals surface area contributed by atoms with Gasteiger partial charge < -0.3 is 9.84 Å². The summed E-state index contributed by atoms with van der Waals surface area (Å²) in [6, 6.07) is 5.66. The molecule has 0 aliphatic heterocycles. The van der Waals surface area contributed by atoms with Gasteiger partial charge in [-0.05, 0) is 24.6 Å². The number of ether oxygens (including phenoxy) is 1. The van der Waals surface area contributed by atoms with Crippen LogP contribution in [0, 0.1) is 6.92 Å². The number of benzene rings is 1. The van der Waals surface area contributed by atoms with E-state index in [1.165, 1.54) is 12.5 Å². The number of aryl methyl sites for hydroxylation is 1. The van der Waals surface area contributed by atoms with E-state index in [1.54, 1.807) is 0 Å². The number of halogens is 1. The third-order valence-electron chi connectivity index (χ3n) is 2.54. The first-order valence-corrected chi connectivity index (χ1v) is 6.28. The predicted octanol–water partition coefficient (Wildman–Crippen LogP) is 2.82. The summed E-state index contributed by atoms with van der Waals surface area (Å²) in [5.74, 6) is -0.380. The number of nitrogens with zero attached hydrogens (tertiary/aromatic N) is 2. The summed E-state index contributed by atoms with van der Waals surface area (Å²) in [5.41, 5.74) is 1.37. The van der Waals surface area contributed by atoms with Crippen LogP contribution in [-0.2, 0) is 6.61 Å². The zero-order valence-electron chi connectivity index (χ0n) is 10.1. The van der Waals surface area contributed by atoms with Crippen LogP contribution in [0.1, 0.15) is 21.6 Å². The van der Waals surface area contributed by atoms with Crippen molar-refractivity contribution in [1.82, 2.24) is 9.97 Å². The van der Waals surface area contributed by atoms with Crippen LogP contribution < -0.4 is 4.74 Å². The highest BCUT2D eigenvalue weighted by Gasteiger charge is 2.12. The van der Waals surface area contributed by atoms with Gasteiger partial charge in [0.2, 0.25) is 0 Å². The summed E-state index contributed by atoms with van der Waals surface area (Å²) in [6.07, 6.45) is 2.57. The summed E-state index contributed by atoms with van der Waals surface area (Å²) in [5, 5.41) is 9.02. The van der Waals surface area contributed by atoms with E-state index in [4.69, 9.17) is 9.84 Å². The Hall–Kier alpha value is -1.95. The molecule has 0 bridgehead atoms. The van der Waals surface area contributed by atoms with Gasteiger partial charge in [-0.15, -0.1) is 0 Å². The molecule has 2 aromatic rings. The molecule has 1 N–H and O–H groups in total. The first-order chi connectivity index (χ1) is 9.08. The normalized spacial score (nSPS) is 10.2. The maximum absolute atomic E-state index is 11.0. The summed E-state index contributed by atoms with van der Waals surface area (Å²) in [7, 11) is 0. The van der Waals surface area contributed by atoms with E-state index in [0.29, 0.717) is 11.4 Å². The Balaban J connectivity index is 2.19.